The van der Waals surface area contributed by atoms with Gasteiger partial charge in [0.05, 0.1) is 22.6 Å². The highest BCUT2D eigenvalue weighted by Gasteiger charge is 2.50. The average Bonchev–Trinajstić information content (AvgIpc) is 2.35. The topological polar surface area (TPSA) is 81.3 Å². The molecular formula is C16H17NO3. The van der Waals surface area contributed by atoms with Crippen LogP contribution in [0, 0.1) is 16.7 Å². The van der Waals surface area contributed by atoms with Gasteiger partial charge in [0.15, 0.2) is 0 Å². The molecule has 0 saturated heterocycles. The fourth-order valence-corrected chi connectivity index (χ4v) is 2.51. The van der Waals surface area contributed by atoms with Crippen molar-refractivity contribution in [1.29, 1.82) is 5.26 Å². The minimum Gasteiger partial charge on any atom is -0.478 e. The molecular weight excluding hydrogens is 254 g/mol. The van der Waals surface area contributed by atoms with E-state index in [1.165, 1.54) is 12.1 Å². The van der Waals surface area contributed by atoms with Crippen LogP contribution in [0.2, 0.25) is 0 Å². The van der Waals surface area contributed by atoms with E-state index in [1.807, 2.05) is 0 Å². The van der Waals surface area contributed by atoms with Gasteiger partial charge in [-0.25, -0.2) is 4.79 Å². The van der Waals surface area contributed by atoms with E-state index in [9.17, 15) is 15.2 Å². The van der Waals surface area contributed by atoms with Gasteiger partial charge in [-0.1, -0.05) is 36.8 Å². The third-order valence-corrected chi connectivity index (χ3v) is 4.17. The Hall–Kier alpha value is -2.12. The molecule has 1 atom stereocenters. The van der Waals surface area contributed by atoms with E-state index < -0.39 is 17.0 Å². The van der Waals surface area contributed by atoms with Crippen LogP contribution in [0.1, 0.15) is 42.1 Å². The summed E-state index contributed by atoms with van der Waals surface area (Å²) in [5, 5.41) is 28.9. The number of aromatic carboxylic acids is 1. The third-order valence-electron chi connectivity index (χ3n) is 4.17. The molecule has 2 N–H and O–H groups in total. The van der Waals surface area contributed by atoms with Gasteiger partial charge in [0.25, 0.3) is 0 Å². The van der Waals surface area contributed by atoms with Crippen molar-refractivity contribution in [3.05, 3.63) is 41.5 Å². The van der Waals surface area contributed by atoms with Crippen LogP contribution < -0.4 is 0 Å². The van der Waals surface area contributed by atoms with Crippen molar-refractivity contribution in [1.82, 2.24) is 0 Å². The Kier molecular flexibility index (Phi) is 3.65. The van der Waals surface area contributed by atoms with Gasteiger partial charge in [0.1, 0.15) is 0 Å². The molecule has 104 valence electrons. The number of carboxylic acids is 1. The largest absolute Gasteiger partial charge is 0.478 e. The van der Waals surface area contributed by atoms with Crippen molar-refractivity contribution in [3.63, 3.8) is 0 Å². The second-order valence-corrected chi connectivity index (χ2v) is 5.42. The summed E-state index contributed by atoms with van der Waals surface area (Å²) in [4.78, 5) is 11.1. The first-order valence-corrected chi connectivity index (χ1v) is 6.57. The molecule has 0 amide bonds. The van der Waals surface area contributed by atoms with Crippen molar-refractivity contribution < 1.29 is 15.0 Å². The monoisotopic (exact) mass is 271 g/mol. The lowest BCUT2D eigenvalue weighted by molar-refractivity contribution is -0.0408. The van der Waals surface area contributed by atoms with Gasteiger partial charge in [-0.15, -0.1) is 0 Å². The van der Waals surface area contributed by atoms with Crippen molar-refractivity contribution in [2.75, 3.05) is 0 Å². The van der Waals surface area contributed by atoms with Gasteiger partial charge in [-0.2, -0.15) is 5.26 Å². The summed E-state index contributed by atoms with van der Waals surface area (Å²) in [6.45, 7) is 1.61. The van der Waals surface area contributed by atoms with Gasteiger partial charge < -0.3 is 10.2 Å². The molecule has 0 aliphatic heterocycles. The molecule has 1 aromatic rings. The fraction of sp³-hybridized carbons (Fsp3) is 0.375. The van der Waals surface area contributed by atoms with Crippen LogP contribution in [0.15, 0.2) is 30.3 Å². The second kappa shape index (κ2) is 5.10. The molecule has 0 radical (unpaired) electrons. The van der Waals surface area contributed by atoms with E-state index in [0.29, 0.717) is 18.4 Å². The van der Waals surface area contributed by atoms with Gasteiger partial charge in [-0.3, -0.25) is 0 Å². The Labute approximate surface area is 118 Å². The van der Waals surface area contributed by atoms with Gasteiger partial charge in [0, 0.05) is 0 Å². The van der Waals surface area contributed by atoms with Gasteiger partial charge in [-0.05, 0) is 31.4 Å². The molecule has 4 heteroatoms. The summed E-state index contributed by atoms with van der Waals surface area (Å²) >= 11 is 0. The molecule has 0 bridgehead atoms. The average molecular weight is 271 g/mol. The lowest BCUT2D eigenvalue weighted by Crippen LogP contribution is -2.48. The fourth-order valence-electron chi connectivity index (χ4n) is 2.51. The maximum atomic E-state index is 11.1. The lowest BCUT2D eigenvalue weighted by atomic mass is 9.60. The zero-order valence-electron chi connectivity index (χ0n) is 11.3. The number of benzene rings is 1. The van der Waals surface area contributed by atoms with Crippen LogP contribution in [-0.2, 0) is 0 Å². The molecule has 0 unspecified atom stereocenters. The molecule has 0 aromatic heterocycles. The van der Waals surface area contributed by atoms with Gasteiger partial charge in [0.2, 0.25) is 0 Å². The molecule has 1 aliphatic carbocycles. The van der Waals surface area contributed by atoms with Crippen LogP contribution >= 0.6 is 0 Å². The van der Waals surface area contributed by atoms with Crippen molar-refractivity contribution in [2.45, 2.75) is 31.8 Å². The number of nitrogens with zero attached hydrogens (tertiary/aromatic N) is 1. The van der Waals surface area contributed by atoms with E-state index in [4.69, 9.17) is 5.11 Å². The zero-order chi connectivity index (χ0) is 14.8. The highest BCUT2D eigenvalue weighted by Crippen LogP contribution is 2.49. The van der Waals surface area contributed by atoms with E-state index >= 15 is 0 Å². The maximum Gasteiger partial charge on any atom is 0.336 e. The minimum absolute atomic E-state index is 0.180. The van der Waals surface area contributed by atoms with Crippen LogP contribution in [0.3, 0.4) is 0 Å². The van der Waals surface area contributed by atoms with Crippen LogP contribution in [0.5, 0.6) is 0 Å². The number of carbonyl (C=O) groups is 1. The summed E-state index contributed by atoms with van der Waals surface area (Å²) in [5.41, 5.74) is -1.31. The summed E-state index contributed by atoms with van der Waals surface area (Å²) in [6.07, 6.45) is 5.39. The minimum atomic E-state index is -1.26. The number of hydrogen-bond donors (Lipinski definition) is 2. The second-order valence-electron chi connectivity index (χ2n) is 5.42. The number of aliphatic hydroxyl groups is 1. The molecule has 0 heterocycles. The number of nitriles is 1. The third kappa shape index (κ3) is 2.33. The molecule has 1 saturated carbocycles. The molecule has 1 aromatic carbocycles. The SMILES string of the molecule is C[C@](O)(/C=C/c1ccccc1C(=O)O)C1(C#N)CCC1. The Morgan fingerprint density at radius 2 is 2.10 bits per heavy atom. The normalized spacial score (nSPS) is 19.9. The summed E-state index contributed by atoms with van der Waals surface area (Å²) in [6, 6.07) is 8.80. The predicted octanol–water partition coefficient (Wildman–Crippen LogP) is 2.84. The van der Waals surface area contributed by atoms with E-state index in [0.717, 1.165) is 6.42 Å². The molecule has 0 spiro atoms. The molecule has 4 nitrogen and oxygen atoms in total. The summed E-state index contributed by atoms with van der Waals surface area (Å²) in [5.74, 6) is -1.01. The smallest absolute Gasteiger partial charge is 0.336 e. The molecule has 1 fully saturated rings. The maximum absolute atomic E-state index is 11.1. The highest BCUT2D eigenvalue weighted by molar-refractivity contribution is 5.92. The first-order valence-electron chi connectivity index (χ1n) is 6.57. The van der Waals surface area contributed by atoms with Crippen LogP contribution in [0.25, 0.3) is 6.08 Å². The van der Waals surface area contributed by atoms with E-state index in [1.54, 1.807) is 31.2 Å². The number of rotatable bonds is 4. The van der Waals surface area contributed by atoms with Crippen molar-refractivity contribution >= 4 is 12.0 Å². The Bertz CT molecular complexity index is 592. The van der Waals surface area contributed by atoms with E-state index in [-0.39, 0.29) is 5.56 Å². The Morgan fingerprint density at radius 3 is 2.60 bits per heavy atom. The van der Waals surface area contributed by atoms with Gasteiger partial charge >= 0.3 is 5.97 Å². The lowest BCUT2D eigenvalue weighted by Gasteiger charge is -2.45. The first-order chi connectivity index (χ1) is 9.42. The molecule has 20 heavy (non-hydrogen) atoms. The number of hydrogen-bond acceptors (Lipinski definition) is 3. The zero-order valence-corrected chi connectivity index (χ0v) is 11.3. The summed E-state index contributed by atoms with van der Waals surface area (Å²) < 4.78 is 0. The number of carboxylic acid groups (broad SMARTS) is 1. The quantitative estimate of drug-likeness (QED) is 0.882. The Balaban J connectivity index is 2.30. The first kappa shape index (κ1) is 14.3. The summed E-state index contributed by atoms with van der Waals surface area (Å²) in [7, 11) is 0. The molecule has 1 aliphatic rings. The Morgan fingerprint density at radius 1 is 1.45 bits per heavy atom. The van der Waals surface area contributed by atoms with E-state index in [2.05, 4.69) is 6.07 Å². The van der Waals surface area contributed by atoms with Crippen molar-refractivity contribution in [2.24, 2.45) is 5.41 Å². The van der Waals surface area contributed by atoms with Crippen LogP contribution in [-0.4, -0.2) is 21.8 Å². The predicted molar refractivity (Wildman–Crippen MR) is 75.0 cm³/mol. The highest BCUT2D eigenvalue weighted by atomic mass is 16.4. The van der Waals surface area contributed by atoms with Crippen molar-refractivity contribution in [3.8, 4) is 6.07 Å². The standard InChI is InChI=1S/C16H17NO3/c1-15(20,16(11-17)8-4-9-16)10-7-12-5-2-3-6-13(12)14(18)19/h2-3,5-7,10,20H,4,8-9H2,1H3,(H,18,19)/b10-7+/t15-/m0/s1. The van der Waals surface area contributed by atoms with Crippen LogP contribution in [0.4, 0.5) is 0 Å². The molecule has 2 rings (SSSR count).